The molecule has 0 radical (unpaired) electrons. The normalized spacial score (nSPS) is 19.0. The van der Waals surface area contributed by atoms with E-state index in [1.165, 1.54) is 19.3 Å². The van der Waals surface area contributed by atoms with Crippen molar-refractivity contribution < 1.29 is 4.79 Å². The predicted octanol–water partition coefficient (Wildman–Crippen LogP) is 5.59. The SMILES string of the molecule is Cc1c(-c2cc3ccnc(Cl)c3n2CC2CC2)nn2cc(C(=O)N3CCC[C@@H](C)C3)ccc12. The Hall–Kier alpha value is -2.86. The standard InChI is InChI=1S/C26H28ClN5O/c1-16-4-3-11-30(13-16)26(33)20-7-8-21-17(2)23(29-32(21)15-20)22-12-19-9-10-28-25(27)24(19)31(22)14-18-5-6-18/h7-10,12,15-16,18H,3-6,11,13-14H2,1-2H3/t16-/m1/s1. The van der Waals surface area contributed by atoms with Gasteiger partial charge in [0, 0.05) is 43.0 Å². The van der Waals surface area contributed by atoms with Gasteiger partial charge in [-0.15, -0.1) is 0 Å². The van der Waals surface area contributed by atoms with Crippen LogP contribution in [-0.2, 0) is 6.54 Å². The first-order valence-electron chi connectivity index (χ1n) is 11.9. The number of carbonyl (C=O) groups excluding carboxylic acids is 1. The second kappa shape index (κ2) is 7.87. The van der Waals surface area contributed by atoms with Crippen molar-refractivity contribution in [3.63, 3.8) is 0 Å². The minimum absolute atomic E-state index is 0.0962. The number of fused-ring (bicyclic) bond motifs is 2. The van der Waals surface area contributed by atoms with Gasteiger partial charge in [0.25, 0.3) is 5.91 Å². The summed E-state index contributed by atoms with van der Waals surface area (Å²) < 4.78 is 4.16. The van der Waals surface area contributed by atoms with Crippen molar-refractivity contribution in [1.82, 2.24) is 24.1 Å². The Bertz CT molecular complexity index is 1380. The second-order valence-corrected chi connectivity index (χ2v) is 10.2. The number of nitrogens with zero attached hydrogens (tertiary/aromatic N) is 5. The van der Waals surface area contributed by atoms with Crippen LogP contribution in [-0.4, -0.2) is 43.1 Å². The fourth-order valence-electron chi connectivity index (χ4n) is 5.22. The zero-order chi connectivity index (χ0) is 22.7. The quantitative estimate of drug-likeness (QED) is 0.372. The fraction of sp³-hybridized carbons (Fsp3) is 0.423. The van der Waals surface area contributed by atoms with E-state index in [0.29, 0.717) is 22.6 Å². The van der Waals surface area contributed by atoms with Crippen LogP contribution in [0.3, 0.4) is 0 Å². The number of amides is 1. The molecule has 2 fully saturated rings. The molecule has 0 spiro atoms. The summed E-state index contributed by atoms with van der Waals surface area (Å²) in [6, 6.07) is 8.14. The molecule has 170 valence electrons. The molecule has 0 bridgehead atoms. The van der Waals surface area contributed by atoms with Gasteiger partial charge in [-0.2, -0.15) is 5.10 Å². The third-order valence-corrected chi connectivity index (χ3v) is 7.49. The molecule has 1 amide bonds. The van der Waals surface area contributed by atoms with Gasteiger partial charge in [-0.1, -0.05) is 18.5 Å². The van der Waals surface area contributed by atoms with Crippen LogP contribution in [0.25, 0.3) is 27.8 Å². The van der Waals surface area contributed by atoms with Crippen molar-refractivity contribution in [3.05, 3.63) is 52.9 Å². The van der Waals surface area contributed by atoms with Crippen LogP contribution in [0, 0.1) is 18.8 Å². The van der Waals surface area contributed by atoms with E-state index < -0.39 is 0 Å². The van der Waals surface area contributed by atoms with Crippen LogP contribution in [0.2, 0.25) is 5.15 Å². The zero-order valence-corrected chi connectivity index (χ0v) is 19.8. The monoisotopic (exact) mass is 461 g/mol. The van der Waals surface area contributed by atoms with E-state index in [2.05, 4.69) is 29.5 Å². The molecule has 7 heteroatoms. The average Bonchev–Trinajstić information content (AvgIpc) is 3.47. The van der Waals surface area contributed by atoms with E-state index in [1.807, 2.05) is 33.8 Å². The molecule has 1 saturated carbocycles. The van der Waals surface area contributed by atoms with E-state index in [-0.39, 0.29) is 5.91 Å². The van der Waals surface area contributed by atoms with Gasteiger partial charge in [-0.05, 0) is 68.7 Å². The number of hydrogen-bond acceptors (Lipinski definition) is 3. The van der Waals surface area contributed by atoms with Gasteiger partial charge < -0.3 is 9.47 Å². The Morgan fingerprint density at radius 3 is 2.85 bits per heavy atom. The molecule has 6 rings (SSSR count). The number of pyridine rings is 2. The van der Waals surface area contributed by atoms with Crippen molar-refractivity contribution in [2.75, 3.05) is 13.1 Å². The summed E-state index contributed by atoms with van der Waals surface area (Å²) >= 11 is 6.53. The number of hydrogen-bond donors (Lipinski definition) is 0. The molecule has 2 aliphatic rings. The van der Waals surface area contributed by atoms with Crippen molar-refractivity contribution >= 4 is 33.9 Å². The van der Waals surface area contributed by atoms with Crippen LogP contribution in [0.5, 0.6) is 0 Å². The lowest BCUT2D eigenvalue weighted by molar-refractivity contribution is 0.0682. The Morgan fingerprint density at radius 2 is 2.06 bits per heavy atom. The Balaban J connectivity index is 1.43. The summed E-state index contributed by atoms with van der Waals surface area (Å²) in [6.07, 6.45) is 8.41. The fourth-order valence-corrected chi connectivity index (χ4v) is 5.48. The van der Waals surface area contributed by atoms with Gasteiger partial charge in [-0.25, -0.2) is 9.50 Å². The summed E-state index contributed by atoms with van der Waals surface area (Å²) in [5, 5.41) is 6.57. The summed E-state index contributed by atoms with van der Waals surface area (Å²) in [6.45, 7) is 6.91. The third kappa shape index (κ3) is 3.61. The topological polar surface area (TPSA) is 55.4 Å². The van der Waals surface area contributed by atoms with E-state index in [1.54, 1.807) is 6.20 Å². The zero-order valence-electron chi connectivity index (χ0n) is 19.1. The Kier molecular flexibility index (Phi) is 4.94. The summed E-state index contributed by atoms with van der Waals surface area (Å²) in [7, 11) is 0. The molecule has 4 aromatic rings. The lowest BCUT2D eigenvalue weighted by Gasteiger charge is -2.30. The first-order chi connectivity index (χ1) is 16.0. The van der Waals surface area contributed by atoms with E-state index >= 15 is 0 Å². The number of aryl methyl sites for hydroxylation is 1. The third-order valence-electron chi connectivity index (χ3n) is 7.21. The smallest absolute Gasteiger partial charge is 0.255 e. The summed E-state index contributed by atoms with van der Waals surface area (Å²) in [4.78, 5) is 19.5. The maximum absolute atomic E-state index is 13.1. The average molecular weight is 462 g/mol. The predicted molar refractivity (Wildman–Crippen MR) is 131 cm³/mol. The maximum Gasteiger partial charge on any atom is 0.255 e. The van der Waals surface area contributed by atoms with Crippen LogP contribution in [0.4, 0.5) is 0 Å². The van der Waals surface area contributed by atoms with Gasteiger partial charge in [0.2, 0.25) is 0 Å². The van der Waals surface area contributed by atoms with Crippen LogP contribution in [0.15, 0.2) is 36.7 Å². The number of piperidine rings is 1. The van der Waals surface area contributed by atoms with Crippen LogP contribution >= 0.6 is 11.6 Å². The van der Waals surface area contributed by atoms with Gasteiger partial charge in [-0.3, -0.25) is 4.79 Å². The van der Waals surface area contributed by atoms with Gasteiger partial charge >= 0.3 is 0 Å². The molecule has 0 unspecified atom stereocenters. The highest BCUT2D eigenvalue weighted by Crippen LogP contribution is 2.38. The number of halogens is 1. The molecule has 0 aromatic carbocycles. The van der Waals surface area contributed by atoms with Gasteiger partial charge in [0.05, 0.1) is 22.3 Å². The van der Waals surface area contributed by atoms with Crippen LogP contribution in [0.1, 0.15) is 48.5 Å². The highest BCUT2D eigenvalue weighted by Gasteiger charge is 2.27. The van der Waals surface area contributed by atoms with Crippen molar-refractivity contribution in [3.8, 4) is 11.4 Å². The first-order valence-corrected chi connectivity index (χ1v) is 12.3. The highest BCUT2D eigenvalue weighted by atomic mass is 35.5. The molecular weight excluding hydrogens is 434 g/mol. The highest BCUT2D eigenvalue weighted by molar-refractivity contribution is 6.34. The lowest BCUT2D eigenvalue weighted by Crippen LogP contribution is -2.39. The Labute approximate surface area is 198 Å². The van der Waals surface area contributed by atoms with Crippen molar-refractivity contribution in [1.29, 1.82) is 0 Å². The molecule has 5 heterocycles. The number of rotatable bonds is 4. The molecule has 33 heavy (non-hydrogen) atoms. The van der Waals surface area contributed by atoms with Crippen molar-refractivity contribution in [2.45, 2.75) is 46.1 Å². The lowest BCUT2D eigenvalue weighted by atomic mass is 10.00. The minimum atomic E-state index is 0.0962. The van der Waals surface area contributed by atoms with Gasteiger partial charge in [0.1, 0.15) is 5.69 Å². The number of carbonyl (C=O) groups is 1. The summed E-state index contributed by atoms with van der Waals surface area (Å²) in [5.41, 5.74) is 5.78. The van der Waals surface area contributed by atoms with E-state index in [9.17, 15) is 4.79 Å². The molecular formula is C26H28ClN5O. The van der Waals surface area contributed by atoms with E-state index in [0.717, 1.165) is 59.4 Å². The minimum Gasteiger partial charge on any atom is -0.338 e. The summed E-state index contributed by atoms with van der Waals surface area (Å²) in [5.74, 6) is 1.34. The largest absolute Gasteiger partial charge is 0.338 e. The number of aromatic nitrogens is 4. The molecule has 1 saturated heterocycles. The Morgan fingerprint density at radius 1 is 1.21 bits per heavy atom. The molecule has 1 atom stereocenters. The van der Waals surface area contributed by atoms with E-state index in [4.69, 9.17) is 16.7 Å². The second-order valence-electron chi connectivity index (χ2n) is 9.84. The molecule has 0 N–H and O–H groups in total. The molecule has 6 nitrogen and oxygen atoms in total. The molecule has 1 aliphatic carbocycles. The maximum atomic E-state index is 13.1. The first kappa shape index (κ1) is 20.7. The van der Waals surface area contributed by atoms with Crippen LogP contribution < -0.4 is 0 Å². The van der Waals surface area contributed by atoms with Gasteiger partial charge in [0.15, 0.2) is 5.15 Å². The number of likely N-dealkylation sites (tertiary alicyclic amines) is 1. The molecule has 1 aliphatic heterocycles. The molecule has 4 aromatic heterocycles. The van der Waals surface area contributed by atoms with Crippen molar-refractivity contribution in [2.24, 2.45) is 11.8 Å².